The van der Waals surface area contributed by atoms with Gasteiger partial charge in [0.1, 0.15) is 5.56 Å². The Morgan fingerprint density at radius 2 is 1.54 bits per heavy atom. The third-order valence-electron chi connectivity index (χ3n) is 3.49. The molecular formula is C15H10F3N3O5. The normalized spacial score (nSPS) is 11.1. The highest BCUT2D eigenvalue weighted by atomic mass is 19.4. The van der Waals surface area contributed by atoms with Crippen molar-refractivity contribution in [3.05, 3.63) is 73.3 Å². The first-order valence-corrected chi connectivity index (χ1v) is 6.93. The average molecular weight is 369 g/mol. The maximum atomic E-state index is 13.0. The van der Waals surface area contributed by atoms with Gasteiger partial charge in [0, 0.05) is 12.1 Å². The van der Waals surface area contributed by atoms with Gasteiger partial charge in [-0.15, -0.1) is 0 Å². The van der Waals surface area contributed by atoms with Crippen molar-refractivity contribution in [1.29, 1.82) is 0 Å². The lowest BCUT2D eigenvalue weighted by Crippen LogP contribution is -2.17. The average Bonchev–Trinajstić information content (AvgIpc) is 2.53. The van der Waals surface area contributed by atoms with Gasteiger partial charge in [0.15, 0.2) is 0 Å². The molecule has 0 bridgehead atoms. The fraction of sp³-hybridized carbons (Fsp3) is 0.133. The molecular weight excluding hydrogens is 359 g/mol. The van der Waals surface area contributed by atoms with Gasteiger partial charge >= 0.3 is 6.18 Å². The molecule has 0 saturated heterocycles. The molecule has 26 heavy (non-hydrogen) atoms. The molecule has 8 nitrogen and oxygen atoms in total. The van der Waals surface area contributed by atoms with Crippen LogP contribution in [0, 0.1) is 27.2 Å². The van der Waals surface area contributed by atoms with Crippen LogP contribution in [0.5, 0.6) is 0 Å². The lowest BCUT2D eigenvalue weighted by molar-refractivity contribution is -0.395. The molecule has 0 atom stereocenters. The van der Waals surface area contributed by atoms with E-state index in [1.54, 1.807) is 0 Å². The lowest BCUT2D eigenvalue weighted by atomic mass is 10.1. The molecule has 0 heterocycles. The quantitative estimate of drug-likeness (QED) is 0.644. The van der Waals surface area contributed by atoms with Gasteiger partial charge in [0.05, 0.1) is 26.7 Å². The predicted octanol–water partition coefficient (Wildman–Crippen LogP) is 4.08. The highest BCUT2D eigenvalue weighted by Crippen LogP contribution is 2.35. The maximum absolute atomic E-state index is 13.0. The Morgan fingerprint density at radius 3 is 2.00 bits per heavy atom. The molecule has 0 spiro atoms. The van der Waals surface area contributed by atoms with E-state index in [0.29, 0.717) is 0 Å². The van der Waals surface area contributed by atoms with Gasteiger partial charge in [0.25, 0.3) is 17.3 Å². The number of nitrogens with one attached hydrogen (secondary N) is 1. The first kappa shape index (κ1) is 18.8. The Hall–Kier alpha value is -3.50. The van der Waals surface area contributed by atoms with Crippen LogP contribution in [0.3, 0.4) is 0 Å². The van der Waals surface area contributed by atoms with Gasteiger partial charge in [0.2, 0.25) is 0 Å². The van der Waals surface area contributed by atoms with E-state index >= 15 is 0 Å². The second-order valence-corrected chi connectivity index (χ2v) is 5.15. The number of anilines is 1. The molecule has 0 radical (unpaired) electrons. The molecule has 0 aliphatic carbocycles. The van der Waals surface area contributed by atoms with Crippen LogP contribution < -0.4 is 5.32 Å². The predicted molar refractivity (Wildman–Crippen MR) is 83.9 cm³/mol. The molecule has 11 heteroatoms. The summed E-state index contributed by atoms with van der Waals surface area (Å²) in [6.45, 7) is 1.14. The number of benzene rings is 2. The van der Waals surface area contributed by atoms with E-state index in [1.165, 1.54) is 6.07 Å². The summed E-state index contributed by atoms with van der Waals surface area (Å²) < 4.78 is 38.9. The molecule has 1 amide bonds. The zero-order valence-electron chi connectivity index (χ0n) is 13.0. The number of carbonyl (C=O) groups is 1. The Bertz CT molecular complexity index is 877. The zero-order valence-corrected chi connectivity index (χ0v) is 13.0. The number of hydrogen-bond donors (Lipinski definition) is 1. The number of amides is 1. The highest BCUT2D eigenvalue weighted by Gasteiger charge is 2.34. The largest absolute Gasteiger partial charge is 0.418 e. The minimum absolute atomic E-state index is 0.271. The van der Waals surface area contributed by atoms with Crippen LogP contribution >= 0.6 is 0 Å². The van der Waals surface area contributed by atoms with E-state index in [0.717, 1.165) is 37.3 Å². The van der Waals surface area contributed by atoms with Crippen LogP contribution in [0.25, 0.3) is 0 Å². The Kier molecular flexibility index (Phi) is 4.91. The van der Waals surface area contributed by atoms with Gasteiger partial charge in [-0.2, -0.15) is 13.2 Å². The van der Waals surface area contributed by atoms with Crippen molar-refractivity contribution < 1.29 is 27.8 Å². The fourth-order valence-electron chi connectivity index (χ4n) is 2.23. The van der Waals surface area contributed by atoms with Crippen molar-refractivity contribution in [2.45, 2.75) is 13.1 Å². The summed E-state index contributed by atoms with van der Waals surface area (Å²) in [6.07, 6.45) is -4.74. The van der Waals surface area contributed by atoms with Crippen molar-refractivity contribution in [3.63, 3.8) is 0 Å². The number of nitro benzene ring substituents is 2. The second kappa shape index (κ2) is 6.78. The standard InChI is InChI=1S/C15H10F3N3O5/c1-8-12(20(23)24)6-9(7-13(8)21(25)26)14(22)19-11-5-3-2-4-10(11)15(16,17)18/h2-7H,1H3,(H,19,22). The van der Waals surface area contributed by atoms with Crippen molar-refractivity contribution in [2.75, 3.05) is 5.32 Å². The summed E-state index contributed by atoms with van der Waals surface area (Å²) in [5.41, 5.74) is -3.85. The van der Waals surface area contributed by atoms with Gasteiger partial charge < -0.3 is 5.32 Å². The summed E-state index contributed by atoms with van der Waals surface area (Å²) in [6, 6.07) is 5.67. The van der Waals surface area contributed by atoms with E-state index in [9.17, 15) is 38.2 Å². The Labute approximate surface area is 143 Å². The summed E-state index contributed by atoms with van der Waals surface area (Å²) in [7, 11) is 0. The van der Waals surface area contributed by atoms with Gasteiger partial charge in [-0.05, 0) is 19.1 Å². The van der Waals surface area contributed by atoms with Crippen LogP contribution in [-0.2, 0) is 6.18 Å². The maximum Gasteiger partial charge on any atom is 0.418 e. The van der Waals surface area contributed by atoms with E-state index in [-0.39, 0.29) is 5.56 Å². The smallest absolute Gasteiger partial charge is 0.321 e. The van der Waals surface area contributed by atoms with Crippen LogP contribution in [0.2, 0.25) is 0 Å². The number of nitro groups is 2. The molecule has 0 aliphatic rings. The van der Waals surface area contributed by atoms with E-state index in [2.05, 4.69) is 0 Å². The monoisotopic (exact) mass is 369 g/mol. The number of rotatable bonds is 4. The summed E-state index contributed by atoms with van der Waals surface area (Å²) >= 11 is 0. The summed E-state index contributed by atoms with van der Waals surface area (Å²) in [5.74, 6) is -1.15. The number of para-hydroxylation sites is 1. The summed E-state index contributed by atoms with van der Waals surface area (Å²) in [4.78, 5) is 32.4. The third kappa shape index (κ3) is 3.77. The lowest BCUT2D eigenvalue weighted by Gasteiger charge is -2.13. The Morgan fingerprint density at radius 1 is 1.04 bits per heavy atom. The fourth-order valence-corrected chi connectivity index (χ4v) is 2.23. The van der Waals surface area contributed by atoms with Crippen LogP contribution in [0.4, 0.5) is 30.2 Å². The molecule has 0 fully saturated rings. The molecule has 2 aromatic rings. The number of halogens is 3. The molecule has 2 aromatic carbocycles. The van der Waals surface area contributed by atoms with Crippen molar-refractivity contribution in [3.8, 4) is 0 Å². The molecule has 0 unspecified atom stereocenters. The van der Waals surface area contributed by atoms with Crippen LogP contribution in [0.1, 0.15) is 21.5 Å². The first-order chi connectivity index (χ1) is 12.0. The summed E-state index contributed by atoms with van der Waals surface area (Å²) in [5, 5.41) is 24.0. The van der Waals surface area contributed by atoms with Gasteiger partial charge in [-0.1, -0.05) is 12.1 Å². The molecule has 0 aromatic heterocycles. The minimum atomic E-state index is -4.74. The molecule has 0 saturated carbocycles. The number of hydrogen-bond acceptors (Lipinski definition) is 5. The number of alkyl halides is 3. The Balaban J connectivity index is 2.49. The minimum Gasteiger partial charge on any atom is -0.321 e. The first-order valence-electron chi connectivity index (χ1n) is 6.93. The topological polar surface area (TPSA) is 115 Å². The molecule has 136 valence electrons. The van der Waals surface area contributed by atoms with Gasteiger partial charge in [-0.25, -0.2) is 0 Å². The van der Waals surface area contributed by atoms with Crippen molar-refractivity contribution in [1.82, 2.24) is 0 Å². The SMILES string of the molecule is Cc1c([N+](=O)[O-])cc(C(=O)Nc2ccccc2C(F)(F)F)cc1[N+](=O)[O-]. The molecule has 2 rings (SSSR count). The van der Waals surface area contributed by atoms with Gasteiger partial charge in [-0.3, -0.25) is 25.0 Å². The second-order valence-electron chi connectivity index (χ2n) is 5.15. The van der Waals surface area contributed by atoms with E-state index in [1.807, 2.05) is 5.32 Å². The third-order valence-corrected chi connectivity index (χ3v) is 3.49. The van der Waals surface area contributed by atoms with E-state index in [4.69, 9.17) is 0 Å². The van der Waals surface area contributed by atoms with Crippen LogP contribution in [-0.4, -0.2) is 15.8 Å². The van der Waals surface area contributed by atoms with Crippen molar-refractivity contribution in [2.24, 2.45) is 0 Å². The highest BCUT2D eigenvalue weighted by molar-refractivity contribution is 6.05. The van der Waals surface area contributed by atoms with Crippen molar-refractivity contribution >= 4 is 23.0 Å². The zero-order chi connectivity index (χ0) is 19.6. The van der Waals surface area contributed by atoms with E-state index < -0.39 is 50.1 Å². The molecule has 0 aliphatic heterocycles. The molecule has 1 N–H and O–H groups in total. The number of carbonyl (C=O) groups excluding carboxylic acids is 1. The number of nitrogens with zero attached hydrogens (tertiary/aromatic N) is 2. The van der Waals surface area contributed by atoms with Crippen LogP contribution in [0.15, 0.2) is 36.4 Å².